The van der Waals surface area contributed by atoms with Crippen LogP contribution in [0.5, 0.6) is 0 Å². The van der Waals surface area contributed by atoms with E-state index in [4.69, 9.17) is 0 Å². The van der Waals surface area contributed by atoms with Crippen LogP contribution in [-0.2, 0) is 0 Å². The molecule has 2 aromatic rings. The summed E-state index contributed by atoms with van der Waals surface area (Å²) in [6, 6.07) is 14.2. The van der Waals surface area contributed by atoms with E-state index in [1.807, 2.05) is 17.8 Å². The van der Waals surface area contributed by atoms with Gasteiger partial charge in [0.1, 0.15) is 5.82 Å². The molecule has 1 heterocycles. The van der Waals surface area contributed by atoms with Crippen molar-refractivity contribution in [2.45, 2.75) is 37.2 Å². The minimum Gasteiger partial charge on any atom is -0.303 e. The second kappa shape index (κ2) is 6.20. The fourth-order valence-electron chi connectivity index (χ4n) is 2.79. The average Bonchev–Trinajstić information content (AvgIpc) is 2.48. The maximum Gasteiger partial charge on any atom is 0.123 e. The van der Waals surface area contributed by atoms with Crippen molar-refractivity contribution in [1.29, 1.82) is 0 Å². The van der Waals surface area contributed by atoms with Crippen molar-refractivity contribution in [3.63, 3.8) is 0 Å². The minimum absolute atomic E-state index is 0.147. The molecule has 1 aliphatic rings. The van der Waals surface area contributed by atoms with Gasteiger partial charge in [0.2, 0.25) is 0 Å². The first-order valence-electron chi connectivity index (χ1n) is 7.38. The Bertz CT molecular complexity index is 624. The normalized spacial score (nSPS) is 19.1. The number of nitrogens with one attached hydrogen (secondary N) is 1. The number of fused-ring (bicyclic) bond motifs is 1. The summed E-state index contributed by atoms with van der Waals surface area (Å²) in [4.78, 5) is 1.20. The molecule has 0 saturated heterocycles. The average molecular weight is 301 g/mol. The van der Waals surface area contributed by atoms with E-state index in [2.05, 4.69) is 43.4 Å². The first-order chi connectivity index (χ1) is 10.1. The van der Waals surface area contributed by atoms with Gasteiger partial charge >= 0.3 is 0 Å². The molecule has 0 saturated carbocycles. The molecule has 2 atom stereocenters. The van der Waals surface area contributed by atoms with E-state index in [9.17, 15) is 4.39 Å². The fraction of sp³-hybridized carbons (Fsp3) is 0.333. The quantitative estimate of drug-likeness (QED) is 0.854. The Hall–Kier alpha value is -1.32. The van der Waals surface area contributed by atoms with Gasteiger partial charge in [0, 0.05) is 17.0 Å². The number of thioether (sulfide) groups is 1. The smallest absolute Gasteiger partial charge is 0.123 e. The van der Waals surface area contributed by atoms with Gasteiger partial charge in [-0.05, 0) is 55.3 Å². The zero-order valence-corrected chi connectivity index (χ0v) is 13.2. The van der Waals surface area contributed by atoms with Crippen LogP contribution in [0, 0.1) is 12.7 Å². The Labute approximate surface area is 130 Å². The highest BCUT2D eigenvalue weighted by Gasteiger charge is 2.22. The molecule has 3 heteroatoms. The molecule has 0 radical (unpaired) electrons. The summed E-state index contributed by atoms with van der Waals surface area (Å²) >= 11 is 1.82. The second-order valence-corrected chi connectivity index (χ2v) is 6.81. The van der Waals surface area contributed by atoms with Gasteiger partial charge in [-0.2, -0.15) is 0 Å². The molecular formula is C18H20FNS. The van der Waals surface area contributed by atoms with Crippen molar-refractivity contribution in [2.24, 2.45) is 0 Å². The van der Waals surface area contributed by atoms with E-state index in [0.717, 1.165) is 17.7 Å². The van der Waals surface area contributed by atoms with E-state index in [0.29, 0.717) is 0 Å². The van der Waals surface area contributed by atoms with E-state index in [1.54, 1.807) is 12.1 Å². The number of hydrogen-bond donors (Lipinski definition) is 1. The number of rotatable bonds is 3. The molecule has 2 aromatic carbocycles. The van der Waals surface area contributed by atoms with Gasteiger partial charge in [-0.25, -0.2) is 4.39 Å². The van der Waals surface area contributed by atoms with Crippen LogP contribution in [0.4, 0.5) is 4.39 Å². The van der Waals surface area contributed by atoms with Crippen molar-refractivity contribution in [2.75, 3.05) is 5.75 Å². The van der Waals surface area contributed by atoms with Crippen LogP contribution in [0.25, 0.3) is 0 Å². The van der Waals surface area contributed by atoms with Gasteiger partial charge in [-0.1, -0.05) is 29.8 Å². The molecule has 0 spiro atoms. The van der Waals surface area contributed by atoms with Crippen LogP contribution >= 0.6 is 11.8 Å². The minimum atomic E-state index is -0.147. The van der Waals surface area contributed by atoms with E-state index in [-0.39, 0.29) is 17.9 Å². The number of aryl methyl sites for hydroxylation is 1. The van der Waals surface area contributed by atoms with Crippen LogP contribution in [0.3, 0.4) is 0 Å². The Morgan fingerprint density at radius 1 is 1.19 bits per heavy atom. The van der Waals surface area contributed by atoms with Crippen molar-refractivity contribution >= 4 is 11.8 Å². The fourth-order valence-corrected chi connectivity index (χ4v) is 3.90. The lowest BCUT2D eigenvalue weighted by atomic mass is 10.00. The lowest BCUT2D eigenvalue weighted by Gasteiger charge is -2.29. The summed E-state index contributed by atoms with van der Waals surface area (Å²) in [5.74, 6) is 0.933. The lowest BCUT2D eigenvalue weighted by Crippen LogP contribution is -2.27. The molecule has 1 nitrogen and oxygen atoms in total. The van der Waals surface area contributed by atoms with Crippen LogP contribution in [0.2, 0.25) is 0 Å². The predicted octanol–water partition coefficient (Wildman–Crippen LogP) is 5.02. The standard InChI is InChI=1S/C18H20FNS/c1-12-3-5-14(6-4-12)13(2)20-17-9-10-21-18-8-7-15(19)11-16(17)18/h3-8,11,13,17,20H,9-10H2,1-2H3. The third kappa shape index (κ3) is 3.30. The molecule has 1 aliphatic heterocycles. The molecule has 0 aliphatic carbocycles. The molecular weight excluding hydrogens is 281 g/mol. The first-order valence-corrected chi connectivity index (χ1v) is 8.37. The third-order valence-corrected chi connectivity index (χ3v) is 5.16. The second-order valence-electron chi connectivity index (χ2n) is 5.67. The van der Waals surface area contributed by atoms with Gasteiger partial charge in [0.15, 0.2) is 0 Å². The highest BCUT2D eigenvalue weighted by Crippen LogP contribution is 2.37. The van der Waals surface area contributed by atoms with Crippen LogP contribution < -0.4 is 5.32 Å². The van der Waals surface area contributed by atoms with Gasteiger partial charge in [-0.15, -0.1) is 11.8 Å². The third-order valence-electron chi connectivity index (χ3n) is 4.04. The van der Waals surface area contributed by atoms with E-state index in [1.165, 1.54) is 16.0 Å². The monoisotopic (exact) mass is 301 g/mol. The van der Waals surface area contributed by atoms with Crippen molar-refractivity contribution in [3.05, 3.63) is 65.0 Å². The molecule has 1 N–H and O–H groups in total. The van der Waals surface area contributed by atoms with Gasteiger partial charge in [-0.3, -0.25) is 0 Å². The summed E-state index contributed by atoms with van der Waals surface area (Å²) < 4.78 is 13.5. The Kier molecular flexibility index (Phi) is 4.32. The molecule has 0 aromatic heterocycles. The molecule has 0 fully saturated rings. The molecule has 3 rings (SSSR count). The van der Waals surface area contributed by atoms with Crippen LogP contribution in [0.1, 0.15) is 42.1 Å². The predicted molar refractivity (Wildman–Crippen MR) is 87.2 cm³/mol. The zero-order valence-electron chi connectivity index (χ0n) is 12.4. The van der Waals surface area contributed by atoms with Crippen molar-refractivity contribution in [1.82, 2.24) is 5.32 Å². The molecule has 110 valence electrons. The molecule has 0 amide bonds. The summed E-state index contributed by atoms with van der Waals surface area (Å²) in [5.41, 5.74) is 3.65. The Morgan fingerprint density at radius 2 is 1.95 bits per heavy atom. The maximum atomic E-state index is 13.5. The summed E-state index contributed by atoms with van der Waals surface area (Å²) in [6.45, 7) is 4.27. The lowest BCUT2D eigenvalue weighted by molar-refractivity contribution is 0.447. The van der Waals surface area contributed by atoms with Crippen LogP contribution in [-0.4, -0.2) is 5.75 Å². The Morgan fingerprint density at radius 3 is 2.71 bits per heavy atom. The summed E-state index contributed by atoms with van der Waals surface area (Å²) in [6.07, 6.45) is 1.04. The molecule has 2 unspecified atom stereocenters. The number of hydrogen-bond acceptors (Lipinski definition) is 2. The van der Waals surface area contributed by atoms with E-state index < -0.39 is 0 Å². The first kappa shape index (κ1) is 14.6. The SMILES string of the molecule is Cc1ccc(C(C)NC2CCSc3ccc(F)cc32)cc1. The number of halogens is 1. The largest absolute Gasteiger partial charge is 0.303 e. The van der Waals surface area contributed by atoms with E-state index >= 15 is 0 Å². The van der Waals surface area contributed by atoms with Crippen molar-refractivity contribution in [3.8, 4) is 0 Å². The maximum absolute atomic E-state index is 13.5. The van der Waals surface area contributed by atoms with Crippen LogP contribution in [0.15, 0.2) is 47.4 Å². The zero-order chi connectivity index (χ0) is 14.8. The highest BCUT2D eigenvalue weighted by molar-refractivity contribution is 7.99. The topological polar surface area (TPSA) is 12.0 Å². The summed E-state index contributed by atoms with van der Waals surface area (Å²) in [5, 5.41) is 3.66. The molecule has 0 bridgehead atoms. The number of benzene rings is 2. The van der Waals surface area contributed by atoms with Gasteiger partial charge in [0.05, 0.1) is 0 Å². The summed E-state index contributed by atoms with van der Waals surface area (Å²) in [7, 11) is 0. The van der Waals surface area contributed by atoms with Crippen molar-refractivity contribution < 1.29 is 4.39 Å². The molecule has 21 heavy (non-hydrogen) atoms. The highest BCUT2D eigenvalue weighted by atomic mass is 32.2. The van der Waals surface area contributed by atoms with Gasteiger partial charge in [0.25, 0.3) is 0 Å². The van der Waals surface area contributed by atoms with Gasteiger partial charge < -0.3 is 5.32 Å². The Balaban J connectivity index is 1.80.